The molecule has 0 atom stereocenters. The number of carboxylic acids is 2. The Morgan fingerprint density at radius 3 is 1.97 bits per heavy atom. The molecule has 1 amide bonds. The highest BCUT2D eigenvalue weighted by Gasteiger charge is 2.29. The van der Waals surface area contributed by atoms with Gasteiger partial charge >= 0.3 is 18.0 Å². The van der Waals surface area contributed by atoms with Crippen molar-refractivity contribution in [3.05, 3.63) is 89.0 Å². The zero-order chi connectivity index (χ0) is 24.1. The molecule has 0 fully saturated rings. The molecule has 3 aromatic rings. The van der Waals surface area contributed by atoms with Crippen LogP contribution in [0.4, 0.5) is 10.5 Å². The number of hydrogen-bond acceptors (Lipinski definition) is 4. The molecule has 0 bridgehead atoms. The summed E-state index contributed by atoms with van der Waals surface area (Å²) in [6, 6.07) is 21.2. The van der Waals surface area contributed by atoms with Gasteiger partial charge in [0.15, 0.2) is 0 Å². The lowest BCUT2D eigenvalue weighted by molar-refractivity contribution is -0.138. The van der Waals surface area contributed by atoms with Crippen LogP contribution in [0.5, 0.6) is 0 Å². The number of nitrogens with one attached hydrogen (secondary N) is 1. The van der Waals surface area contributed by atoms with Crippen LogP contribution in [0.3, 0.4) is 0 Å². The summed E-state index contributed by atoms with van der Waals surface area (Å²) in [5.74, 6) is -1.99. The Morgan fingerprint density at radius 2 is 1.35 bits per heavy atom. The highest BCUT2D eigenvalue weighted by Crippen LogP contribution is 2.44. The molecule has 3 aromatic carbocycles. The lowest BCUT2D eigenvalue weighted by atomic mass is 9.97. The minimum atomic E-state index is -0.972. The summed E-state index contributed by atoms with van der Waals surface area (Å²) < 4.78 is 5.60. The van der Waals surface area contributed by atoms with E-state index in [-0.39, 0.29) is 38.2 Å². The van der Waals surface area contributed by atoms with Crippen LogP contribution < -0.4 is 5.32 Å². The number of ether oxygens (including phenoxy) is 1. The third-order valence-corrected chi connectivity index (χ3v) is 6.05. The minimum Gasteiger partial charge on any atom is -0.481 e. The second-order valence-electron chi connectivity index (χ2n) is 8.18. The molecule has 1 aliphatic rings. The van der Waals surface area contributed by atoms with Crippen LogP contribution in [0.1, 0.15) is 41.0 Å². The van der Waals surface area contributed by atoms with Crippen molar-refractivity contribution < 1.29 is 29.3 Å². The average Bonchev–Trinajstić information content (AvgIpc) is 3.14. The highest BCUT2D eigenvalue weighted by atomic mass is 16.5. The van der Waals surface area contributed by atoms with Crippen molar-refractivity contribution in [2.45, 2.75) is 31.6 Å². The number of carbonyl (C=O) groups is 3. The molecule has 7 heteroatoms. The quantitative estimate of drug-likeness (QED) is 0.411. The number of aliphatic carboxylic acids is 2. The summed E-state index contributed by atoms with van der Waals surface area (Å²) >= 11 is 0. The summed E-state index contributed by atoms with van der Waals surface area (Å²) in [4.78, 5) is 34.9. The molecule has 1 aliphatic carbocycles. The van der Waals surface area contributed by atoms with Gasteiger partial charge in [-0.25, -0.2) is 4.79 Å². The first-order chi connectivity index (χ1) is 16.4. The summed E-state index contributed by atoms with van der Waals surface area (Å²) in [6.07, 6.45) is -0.458. The third kappa shape index (κ3) is 5.09. The van der Waals surface area contributed by atoms with Gasteiger partial charge in [-0.1, -0.05) is 60.7 Å². The summed E-state index contributed by atoms with van der Waals surface area (Å²) in [6.45, 7) is 0.156. The Hall–Kier alpha value is -4.13. The number of amides is 1. The Bertz CT molecular complexity index is 1190. The predicted molar refractivity (Wildman–Crippen MR) is 127 cm³/mol. The fraction of sp³-hybridized carbons (Fsp3) is 0.222. The monoisotopic (exact) mass is 459 g/mol. The maximum absolute atomic E-state index is 12.7. The van der Waals surface area contributed by atoms with Crippen molar-refractivity contribution in [3.63, 3.8) is 0 Å². The number of carboxylic acid groups (broad SMARTS) is 2. The molecule has 0 unspecified atom stereocenters. The molecule has 4 rings (SSSR count). The van der Waals surface area contributed by atoms with E-state index in [2.05, 4.69) is 17.4 Å². The van der Waals surface area contributed by atoms with Crippen LogP contribution in [0.25, 0.3) is 11.1 Å². The number of rotatable bonds is 9. The van der Waals surface area contributed by atoms with Crippen LogP contribution in [0.15, 0.2) is 66.7 Å². The molecule has 174 valence electrons. The van der Waals surface area contributed by atoms with Gasteiger partial charge in [0.05, 0.1) is 0 Å². The average molecular weight is 459 g/mol. The molecule has 0 spiro atoms. The predicted octanol–water partition coefficient (Wildman–Crippen LogP) is 5.08. The number of anilines is 1. The Labute approximate surface area is 197 Å². The van der Waals surface area contributed by atoms with Crippen molar-refractivity contribution in [2.75, 3.05) is 11.9 Å². The van der Waals surface area contributed by atoms with E-state index in [0.29, 0.717) is 16.8 Å². The van der Waals surface area contributed by atoms with E-state index in [0.717, 1.165) is 22.3 Å². The second kappa shape index (κ2) is 10.2. The van der Waals surface area contributed by atoms with Gasteiger partial charge < -0.3 is 14.9 Å². The second-order valence-corrected chi connectivity index (χ2v) is 8.18. The van der Waals surface area contributed by atoms with E-state index in [1.807, 2.05) is 36.4 Å². The van der Waals surface area contributed by atoms with Gasteiger partial charge in [0.1, 0.15) is 6.61 Å². The van der Waals surface area contributed by atoms with E-state index in [1.165, 1.54) is 0 Å². The van der Waals surface area contributed by atoms with Gasteiger partial charge in [-0.05, 0) is 52.3 Å². The van der Waals surface area contributed by atoms with Gasteiger partial charge in [-0.2, -0.15) is 0 Å². The van der Waals surface area contributed by atoms with Crippen molar-refractivity contribution >= 4 is 23.7 Å². The normalized spacial score (nSPS) is 12.0. The fourth-order valence-electron chi connectivity index (χ4n) is 4.50. The van der Waals surface area contributed by atoms with Crippen LogP contribution in [-0.4, -0.2) is 34.9 Å². The van der Waals surface area contributed by atoms with E-state index in [4.69, 9.17) is 14.9 Å². The SMILES string of the molecule is O=C(O)CCc1cccc(NC(=O)OCC2c3ccccc3-c3ccccc32)c1CCC(=O)O. The first-order valence-corrected chi connectivity index (χ1v) is 11.1. The molecule has 0 aromatic heterocycles. The number of benzene rings is 3. The van der Waals surface area contributed by atoms with Crippen LogP contribution in [-0.2, 0) is 27.2 Å². The molecular weight excluding hydrogens is 434 g/mol. The molecule has 0 saturated carbocycles. The number of fused-ring (bicyclic) bond motifs is 3. The third-order valence-electron chi connectivity index (χ3n) is 6.05. The molecule has 0 saturated heterocycles. The van der Waals surface area contributed by atoms with Gasteiger partial charge in [0.2, 0.25) is 0 Å². The molecule has 0 heterocycles. The number of carbonyl (C=O) groups excluding carboxylic acids is 1. The van der Waals surface area contributed by atoms with Crippen molar-refractivity contribution in [2.24, 2.45) is 0 Å². The fourth-order valence-corrected chi connectivity index (χ4v) is 4.50. The lowest BCUT2D eigenvalue weighted by Gasteiger charge is -2.17. The van der Waals surface area contributed by atoms with Crippen LogP contribution in [0.2, 0.25) is 0 Å². The van der Waals surface area contributed by atoms with Gasteiger partial charge in [-0.15, -0.1) is 0 Å². The Balaban J connectivity index is 1.49. The molecule has 7 nitrogen and oxygen atoms in total. The summed E-state index contributed by atoms with van der Waals surface area (Å²) in [5, 5.41) is 20.9. The van der Waals surface area contributed by atoms with Crippen LogP contribution in [0, 0.1) is 0 Å². The molecule has 0 radical (unpaired) electrons. The number of aryl methyl sites for hydroxylation is 1. The standard InChI is InChI=1S/C27H25NO6/c29-25(30)14-12-17-6-5-11-24(18(17)13-15-26(31)32)28-27(33)34-16-23-21-9-3-1-7-19(21)20-8-2-4-10-22(20)23/h1-11,23H,12-16H2,(H,28,33)(H,29,30)(H,31,32). The summed E-state index contributed by atoms with van der Waals surface area (Å²) in [7, 11) is 0. The van der Waals surface area contributed by atoms with Crippen molar-refractivity contribution in [1.29, 1.82) is 0 Å². The smallest absolute Gasteiger partial charge is 0.411 e. The van der Waals surface area contributed by atoms with E-state index in [9.17, 15) is 14.4 Å². The van der Waals surface area contributed by atoms with Crippen molar-refractivity contribution in [3.8, 4) is 11.1 Å². The van der Waals surface area contributed by atoms with Gasteiger partial charge in [0.25, 0.3) is 0 Å². The Kier molecular flexibility index (Phi) is 6.92. The van der Waals surface area contributed by atoms with E-state index in [1.54, 1.807) is 18.2 Å². The van der Waals surface area contributed by atoms with Gasteiger partial charge in [0, 0.05) is 24.4 Å². The van der Waals surface area contributed by atoms with Gasteiger partial charge in [-0.3, -0.25) is 14.9 Å². The van der Waals surface area contributed by atoms with Crippen molar-refractivity contribution in [1.82, 2.24) is 0 Å². The maximum Gasteiger partial charge on any atom is 0.411 e. The highest BCUT2D eigenvalue weighted by molar-refractivity contribution is 5.86. The lowest BCUT2D eigenvalue weighted by Crippen LogP contribution is -2.19. The minimum absolute atomic E-state index is 0.0773. The zero-order valence-electron chi connectivity index (χ0n) is 18.5. The zero-order valence-corrected chi connectivity index (χ0v) is 18.5. The Morgan fingerprint density at radius 1 is 0.765 bits per heavy atom. The molecular formula is C27H25NO6. The molecule has 0 aliphatic heterocycles. The first kappa shape index (κ1) is 23.0. The summed E-state index contributed by atoms with van der Waals surface area (Å²) in [5.41, 5.74) is 6.22. The van der Waals surface area contributed by atoms with E-state index >= 15 is 0 Å². The van der Waals surface area contributed by atoms with Crippen LogP contribution >= 0.6 is 0 Å². The van der Waals surface area contributed by atoms with E-state index < -0.39 is 18.0 Å². The molecule has 34 heavy (non-hydrogen) atoms. The number of hydrogen-bond donors (Lipinski definition) is 3. The first-order valence-electron chi connectivity index (χ1n) is 11.1. The topological polar surface area (TPSA) is 113 Å². The molecule has 3 N–H and O–H groups in total. The maximum atomic E-state index is 12.7. The largest absolute Gasteiger partial charge is 0.481 e.